The first kappa shape index (κ1) is 13.4. The van der Waals surface area contributed by atoms with Crippen LogP contribution in [0.2, 0.25) is 0 Å². The van der Waals surface area contributed by atoms with Crippen molar-refractivity contribution in [2.75, 3.05) is 19.0 Å². The zero-order valence-electron chi connectivity index (χ0n) is 10.3. The van der Waals surface area contributed by atoms with Crippen molar-refractivity contribution in [3.05, 3.63) is 22.7 Å². The predicted octanol–water partition coefficient (Wildman–Crippen LogP) is 2.54. The van der Waals surface area contributed by atoms with Crippen molar-refractivity contribution in [3.63, 3.8) is 0 Å². The number of piperidine rings is 1. The van der Waals surface area contributed by atoms with Crippen LogP contribution in [0.1, 0.15) is 19.3 Å². The summed E-state index contributed by atoms with van der Waals surface area (Å²) >= 11 is 3.38. The number of carbonyl (C=O) groups is 1. The second-order valence-electron chi connectivity index (χ2n) is 4.34. The van der Waals surface area contributed by atoms with E-state index in [1.165, 1.54) is 0 Å². The van der Waals surface area contributed by atoms with Gasteiger partial charge in [-0.25, -0.2) is 0 Å². The summed E-state index contributed by atoms with van der Waals surface area (Å²) in [6.45, 7) is 0.918. The van der Waals surface area contributed by atoms with Crippen LogP contribution in [0, 0.1) is 0 Å². The molecule has 1 atom stereocenters. The molecule has 2 rings (SSSR count). The summed E-state index contributed by atoms with van der Waals surface area (Å²) in [5, 5.41) is 6.14. The highest BCUT2D eigenvalue weighted by molar-refractivity contribution is 9.10. The fourth-order valence-electron chi connectivity index (χ4n) is 2.04. The normalized spacial score (nSPS) is 19.3. The number of halogens is 1. The van der Waals surface area contributed by atoms with Crippen LogP contribution >= 0.6 is 15.9 Å². The highest BCUT2D eigenvalue weighted by atomic mass is 79.9. The van der Waals surface area contributed by atoms with E-state index in [1.807, 2.05) is 18.2 Å². The topological polar surface area (TPSA) is 50.4 Å². The molecular weight excluding hydrogens is 296 g/mol. The molecule has 1 fully saturated rings. The third kappa shape index (κ3) is 3.23. The van der Waals surface area contributed by atoms with Crippen molar-refractivity contribution in [1.29, 1.82) is 0 Å². The van der Waals surface area contributed by atoms with Gasteiger partial charge in [0, 0.05) is 11.8 Å². The van der Waals surface area contributed by atoms with Gasteiger partial charge in [-0.15, -0.1) is 0 Å². The third-order valence-corrected chi connectivity index (χ3v) is 3.70. The Kier molecular flexibility index (Phi) is 4.60. The molecule has 18 heavy (non-hydrogen) atoms. The van der Waals surface area contributed by atoms with Crippen molar-refractivity contribution >= 4 is 27.5 Å². The molecular formula is C13H17BrN2O2. The first-order valence-electron chi connectivity index (χ1n) is 6.08. The first-order valence-corrected chi connectivity index (χ1v) is 6.88. The summed E-state index contributed by atoms with van der Waals surface area (Å²) in [7, 11) is 1.61. The number of hydrogen-bond donors (Lipinski definition) is 2. The molecule has 5 heteroatoms. The number of nitrogens with one attached hydrogen (secondary N) is 2. The molecule has 1 aromatic rings. The summed E-state index contributed by atoms with van der Waals surface area (Å²) in [6, 6.07) is 5.45. The zero-order valence-corrected chi connectivity index (χ0v) is 11.9. The molecule has 0 spiro atoms. The van der Waals surface area contributed by atoms with Crippen molar-refractivity contribution in [3.8, 4) is 5.75 Å². The predicted molar refractivity (Wildman–Crippen MR) is 75.0 cm³/mol. The van der Waals surface area contributed by atoms with E-state index in [0.29, 0.717) is 5.75 Å². The third-order valence-electron chi connectivity index (χ3n) is 3.05. The molecule has 1 unspecified atom stereocenters. The van der Waals surface area contributed by atoms with Crippen LogP contribution in [0.3, 0.4) is 0 Å². The zero-order chi connectivity index (χ0) is 13.0. The maximum atomic E-state index is 12.0. The van der Waals surface area contributed by atoms with E-state index in [0.717, 1.165) is 36.0 Å². The lowest BCUT2D eigenvalue weighted by Crippen LogP contribution is -2.43. The van der Waals surface area contributed by atoms with Crippen LogP contribution in [0.25, 0.3) is 0 Å². The Bertz CT molecular complexity index is 431. The van der Waals surface area contributed by atoms with Crippen molar-refractivity contribution in [2.45, 2.75) is 25.3 Å². The Labute approximate surface area is 115 Å². The first-order chi connectivity index (χ1) is 8.70. The second-order valence-corrected chi connectivity index (χ2v) is 5.20. The summed E-state index contributed by atoms with van der Waals surface area (Å²) in [5.41, 5.74) is 0.757. The molecule has 1 saturated heterocycles. The Hall–Kier alpha value is -1.07. The van der Waals surface area contributed by atoms with Gasteiger partial charge in [-0.1, -0.05) is 6.42 Å². The lowest BCUT2D eigenvalue weighted by Gasteiger charge is -2.22. The Balaban J connectivity index is 2.02. The molecule has 0 radical (unpaired) electrons. The standard InChI is InChI=1S/C13H17BrN2O2/c1-18-12-8-9(5-6-10(12)14)16-13(17)11-4-2-3-7-15-11/h5-6,8,11,15H,2-4,7H2,1H3,(H,16,17). The molecule has 1 amide bonds. The largest absolute Gasteiger partial charge is 0.495 e. The second kappa shape index (κ2) is 6.20. The smallest absolute Gasteiger partial charge is 0.241 e. The van der Waals surface area contributed by atoms with E-state index in [4.69, 9.17) is 4.74 Å². The maximum Gasteiger partial charge on any atom is 0.241 e. The molecule has 1 heterocycles. The molecule has 0 saturated carbocycles. The Morgan fingerprint density at radius 1 is 1.50 bits per heavy atom. The van der Waals surface area contributed by atoms with Gasteiger partial charge in [0.2, 0.25) is 5.91 Å². The number of hydrogen-bond acceptors (Lipinski definition) is 3. The number of ether oxygens (including phenoxy) is 1. The minimum absolute atomic E-state index is 0.0269. The molecule has 98 valence electrons. The summed E-state index contributed by atoms with van der Waals surface area (Å²) in [4.78, 5) is 12.0. The average Bonchev–Trinajstić information content (AvgIpc) is 2.42. The van der Waals surface area contributed by atoms with Gasteiger partial charge in [-0.3, -0.25) is 4.79 Å². The molecule has 0 bridgehead atoms. The van der Waals surface area contributed by atoms with E-state index in [-0.39, 0.29) is 11.9 Å². The van der Waals surface area contributed by atoms with Crippen LogP contribution < -0.4 is 15.4 Å². The highest BCUT2D eigenvalue weighted by Crippen LogP contribution is 2.28. The Morgan fingerprint density at radius 2 is 2.33 bits per heavy atom. The molecule has 1 aliphatic rings. The van der Waals surface area contributed by atoms with Crippen molar-refractivity contribution < 1.29 is 9.53 Å². The van der Waals surface area contributed by atoms with Crippen molar-refractivity contribution in [2.24, 2.45) is 0 Å². The van der Waals surface area contributed by atoms with Gasteiger partial charge in [0.15, 0.2) is 0 Å². The van der Waals surface area contributed by atoms with Crippen LogP contribution in [0.5, 0.6) is 5.75 Å². The van der Waals surface area contributed by atoms with Gasteiger partial charge in [-0.05, 0) is 47.4 Å². The molecule has 2 N–H and O–H groups in total. The monoisotopic (exact) mass is 312 g/mol. The minimum Gasteiger partial charge on any atom is -0.495 e. The van der Waals surface area contributed by atoms with E-state index in [2.05, 4.69) is 26.6 Å². The van der Waals surface area contributed by atoms with E-state index < -0.39 is 0 Å². The highest BCUT2D eigenvalue weighted by Gasteiger charge is 2.20. The van der Waals surface area contributed by atoms with Crippen LogP contribution in [0.15, 0.2) is 22.7 Å². The van der Waals surface area contributed by atoms with Gasteiger partial charge in [0.25, 0.3) is 0 Å². The van der Waals surface area contributed by atoms with Gasteiger partial charge in [-0.2, -0.15) is 0 Å². The average molecular weight is 313 g/mol. The number of anilines is 1. The van der Waals surface area contributed by atoms with Gasteiger partial charge in [0.05, 0.1) is 17.6 Å². The fourth-order valence-corrected chi connectivity index (χ4v) is 2.45. The lowest BCUT2D eigenvalue weighted by molar-refractivity contribution is -0.118. The van der Waals surface area contributed by atoms with Gasteiger partial charge < -0.3 is 15.4 Å². The number of carbonyl (C=O) groups excluding carboxylic acids is 1. The van der Waals surface area contributed by atoms with Crippen LogP contribution in [0.4, 0.5) is 5.69 Å². The van der Waals surface area contributed by atoms with E-state index in [9.17, 15) is 4.79 Å². The number of amides is 1. The molecule has 1 aliphatic heterocycles. The minimum atomic E-state index is -0.0756. The fraction of sp³-hybridized carbons (Fsp3) is 0.462. The summed E-state index contributed by atoms with van der Waals surface area (Å²) in [5.74, 6) is 0.739. The van der Waals surface area contributed by atoms with E-state index >= 15 is 0 Å². The van der Waals surface area contributed by atoms with Crippen molar-refractivity contribution in [1.82, 2.24) is 5.32 Å². The van der Waals surface area contributed by atoms with Crippen LogP contribution in [-0.2, 0) is 4.79 Å². The number of rotatable bonds is 3. The SMILES string of the molecule is COc1cc(NC(=O)C2CCCCN2)ccc1Br. The Morgan fingerprint density at radius 3 is 3.00 bits per heavy atom. The summed E-state index contributed by atoms with van der Waals surface area (Å²) < 4.78 is 6.07. The van der Waals surface area contributed by atoms with E-state index in [1.54, 1.807) is 7.11 Å². The number of benzene rings is 1. The van der Waals surface area contributed by atoms with Gasteiger partial charge in [0.1, 0.15) is 5.75 Å². The van der Waals surface area contributed by atoms with Crippen LogP contribution in [-0.4, -0.2) is 25.6 Å². The maximum absolute atomic E-state index is 12.0. The molecule has 1 aromatic carbocycles. The quantitative estimate of drug-likeness (QED) is 0.901. The number of methoxy groups -OCH3 is 1. The lowest BCUT2D eigenvalue weighted by atomic mass is 10.0. The molecule has 4 nitrogen and oxygen atoms in total. The summed E-state index contributed by atoms with van der Waals surface area (Å²) in [6.07, 6.45) is 3.16. The molecule has 0 aromatic heterocycles. The van der Waals surface area contributed by atoms with Gasteiger partial charge >= 0.3 is 0 Å². The molecule has 0 aliphatic carbocycles.